The van der Waals surface area contributed by atoms with Crippen LogP contribution in [0.4, 0.5) is 10.1 Å². The van der Waals surface area contributed by atoms with Crippen molar-refractivity contribution in [2.24, 2.45) is 0 Å². The molecule has 192 valence electrons. The van der Waals surface area contributed by atoms with Crippen molar-refractivity contribution < 1.29 is 13.9 Å². The fraction of sp³-hybridized carbons (Fsp3) is 0.226. The van der Waals surface area contributed by atoms with E-state index in [1.807, 2.05) is 65.6 Å². The highest BCUT2D eigenvalue weighted by atomic mass is 19.1. The first-order valence-electron chi connectivity index (χ1n) is 12.9. The van der Waals surface area contributed by atoms with Crippen LogP contribution < -0.4 is 9.64 Å². The Bertz CT molecular complexity index is 1380. The molecular weight excluding hydrogens is 479 g/mol. The summed E-state index contributed by atoms with van der Waals surface area (Å²) < 4.78 is 19.0. The average Bonchev–Trinajstić information content (AvgIpc) is 2.94. The van der Waals surface area contributed by atoms with E-state index in [4.69, 9.17) is 4.74 Å². The molecule has 6 rings (SSSR count). The van der Waals surface area contributed by atoms with Gasteiger partial charge in [0.25, 0.3) is 5.91 Å². The van der Waals surface area contributed by atoms with Crippen LogP contribution in [-0.4, -0.2) is 59.5 Å². The molecule has 0 spiro atoms. The van der Waals surface area contributed by atoms with E-state index in [0.29, 0.717) is 24.9 Å². The number of pyridine rings is 1. The van der Waals surface area contributed by atoms with E-state index in [2.05, 4.69) is 39.0 Å². The number of carbonyl (C=O) groups is 1. The molecule has 0 aliphatic carbocycles. The van der Waals surface area contributed by atoms with Crippen molar-refractivity contribution in [3.05, 3.63) is 120 Å². The van der Waals surface area contributed by atoms with Gasteiger partial charge < -0.3 is 14.5 Å². The first-order chi connectivity index (χ1) is 18.6. The second-order valence-electron chi connectivity index (χ2n) is 9.73. The first kappa shape index (κ1) is 24.1. The maximum absolute atomic E-state index is 13.3. The van der Waals surface area contributed by atoms with Crippen molar-refractivity contribution >= 4 is 11.6 Å². The standard InChI is InChI=1S/C31H29FN4O2/c32-29-12-7-13-30(33-29)38-27-16-14-25(15-17-27)35-20-26(21-35)36-19-18-34(31(37)24-10-5-2-6-11-24)22-28(36)23-8-3-1-4-9-23/h1-17,26,28H,18-22H2. The minimum absolute atomic E-state index is 0.0946. The minimum Gasteiger partial charge on any atom is -0.439 e. The number of benzene rings is 3. The van der Waals surface area contributed by atoms with E-state index in [9.17, 15) is 9.18 Å². The number of hydrogen-bond acceptors (Lipinski definition) is 5. The smallest absolute Gasteiger partial charge is 0.253 e. The van der Waals surface area contributed by atoms with Crippen molar-refractivity contribution in [2.45, 2.75) is 12.1 Å². The Balaban J connectivity index is 1.12. The lowest BCUT2D eigenvalue weighted by Gasteiger charge is -2.52. The molecule has 6 nitrogen and oxygen atoms in total. The van der Waals surface area contributed by atoms with Gasteiger partial charge in [-0.2, -0.15) is 9.37 Å². The molecule has 0 radical (unpaired) electrons. The third-order valence-corrected chi connectivity index (χ3v) is 7.36. The van der Waals surface area contributed by atoms with Gasteiger partial charge in [-0.1, -0.05) is 54.6 Å². The van der Waals surface area contributed by atoms with Gasteiger partial charge in [0.2, 0.25) is 11.8 Å². The number of hydrogen-bond donors (Lipinski definition) is 0. The van der Waals surface area contributed by atoms with Crippen LogP contribution >= 0.6 is 0 Å². The molecule has 2 aliphatic heterocycles. The molecule has 1 amide bonds. The minimum atomic E-state index is -0.565. The van der Waals surface area contributed by atoms with E-state index in [-0.39, 0.29) is 17.8 Å². The third-order valence-electron chi connectivity index (χ3n) is 7.36. The lowest BCUT2D eigenvalue weighted by molar-refractivity contribution is 0.0252. The highest BCUT2D eigenvalue weighted by Gasteiger charge is 2.40. The highest BCUT2D eigenvalue weighted by Crippen LogP contribution is 2.34. The van der Waals surface area contributed by atoms with Crippen molar-refractivity contribution in [1.29, 1.82) is 0 Å². The summed E-state index contributed by atoms with van der Waals surface area (Å²) in [5.74, 6) is 0.382. The molecule has 3 aromatic carbocycles. The lowest BCUT2D eigenvalue weighted by Crippen LogP contribution is -2.64. The van der Waals surface area contributed by atoms with E-state index in [1.54, 1.807) is 12.1 Å². The maximum Gasteiger partial charge on any atom is 0.253 e. The monoisotopic (exact) mass is 508 g/mol. The Kier molecular flexibility index (Phi) is 6.75. The summed E-state index contributed by atoms with van der Waals surface area (Å²) in [6, 6.07) is 32.9. The molecule has 1 aromatic heterocycles. The quantitative estimate of drug-likeness (QED) is 0.327. The normalized spacial score (nSPS) is 18.2. The summed E-state index contributed by atoms with van der Waals surface area (Å²) in [5.41, 5.74) is 3.10. The Labute approximate surface area is 221 Å². The average molecular weight is 509 g/mol. The number of carbonyl (C=O) groups excluding carboxylic acids is 1. The number of halogens is 1. The number of anilines is 1. The second-order valence-corrected chi connectivity index (χ2v) is 9.73. The van der Waals surface area contributed by atoms with Gasteiger partial charge in [-0.05, 0) is 48.0 Å². The summed E-state index contributed by atoms with van der Waals surface area (Å²) in [4.78, 5) is 23.9. The molecule has 2 saturated heterocycles. The molecular formula is C31H29FN4O2. The maximum atomic E-state index is 13.3. The third kappa shape index (κ3) is 5.10. The SMILES string of the molecule is O=C(c1ccccc1)N1CCN(C2CN(c3ccc(Oc4cccc(F)n4)cc3)C2)C(c2ccccc2)C1. The van der Waals surface area contributed by atoms with Gasteiger partial charge in [-0.3, -0.25) is 9.69 Å². The second kappa shape index (κ2) is 10.6. The molecule has 1 unspecified atom stereocenters. The van der Waals surface area contributed by atoms with E-state index in [0.717, 1.165) is 30.9 Å². The summed E-state index contributed by atoms with van der Waals surface area (Å²) in [5, 5.41) is 0. The van der Waals surface area contributed by atoms with Gasteiger partial charge in [0, 0.05) is 56.1 Å². The van der Waals surface area contributed by atoms with Gasteiger partial charge >= 0.3 is 0 Å². The number of amides is 1. The van der Waals surface area contributed by atoms with Crippen LogP contribution in [0, 0.1) is 5.95 Å². The van der Waals surface area contributed by atoms with E-state index >= 15 is 0 Å². The predicted molar refractivity (Wildman–Crippen MR) is 145 cm³/mol. The van der Waals surface area contributed by atoms with Crippen molar-refractivity contribution in [2.75, 3.05) is 37.6 Å². The summed E-state index contributed by atoms with van der Waals surface area (Å²) >= 11 is 0. The fourth-order valence-corrected chi connectivity index (χ4v) is 5.32. The van der Waals surface area contributed by atoms with Crippen molar-refractivity contribution in [3.8, 4) is 11.6 Å². The van der Waals surface area contributed by atoms with Crippen LogP contribution in [0.1, 0.15) is 22.0 Å². The van der Waals surface area contributed by atoms with Gasteiger partial charge in [-0.15, -0.1) is 0 Å². The zero-order valence-electron chi connectivity index (χ0n) is 21.0. The topological polar surface area (TPSA) is 48.9 Å². The molecule has 3 heterocycles. The van der Waals surface area contributed by atoms with E-state index in [1.165, 1.54) is 11.6 Å². The molecule has 2 fully saturated rings. The first-order valence-corrected chi connectivity index (χ1v) is 12.9. The number of rotatable bonds is 6. The van der Waals surface area contributed by atoms with E-state index < -0.39 is 5.95 Å². The molecule has 0 saturated carbocycles. The van der Waals surface area contributed by atoms with Crippen LogP contribution in [-0.2, 0) is 0 Å². The van der Waals surface area contributed by atoms with Crippen LogP contribution in [0.25, 0.3) is 0 Å². The van der Waals surface area contributed by atoms with Gasteiger partial charge in [0.15, 0.2) is 0 Å². The molecule has 0 N–H and O–H groups in total. The number of aromatic nitrogens is 1. The molecule has 1 atom stereocenters. The molecule has 38 heavy (non-hydrogen) atoms. The van der Waals surface area contributed by atoms with Crippen LogP contribution in [0.15, 0.2) is 103 Å². The van der Waals surface area contributed by atoms with Gasteiger partial charge in [0.1, 0.15) is 5.75 Å². The summed E-state index contributed by atoms with van der Waals surface area (Å²) in [6.45, 7) is 4.06. The van der Waals surface area contributed by atoms with Crippen LogP contribution in [0.5, 0.6) is 11.6 Å². The Hall–Kier alpha value is -4.23. The van der Waals surface area contributed by atoms with Gasteiger partial charge in [0.05, 0.1) is 6.04 Å². The molecule has 4 aromatic rings. The predicted octanol–water partition coefficient (Wildman–Crippen LogP) is 5.40. The summed E-state index contributed by atoms with van der Waals surface area (Å²) in [6.07, 6.45) is 0. The Morgan fingerprint density at radius 3 is 2.21 bits per heavy atom. The number of ether oxygens (including phenoxy) is 1. The van der Waals surface area contributed by atoms with Crippen molar-refractivity contribution in [3.63, 3.8) is 0 Å². The number of piperazine rings is 1. The zero-order valence-corrected chi connectivity index (χ0v) is 21.0. The van der Waals surface area contributed by atoms with Crippen molar-refractivity contribution in [1.82, 2.24) is 14.8 Å². The molecule has 7 heteroatoms. The number of nitrogens with zero attached hydrogens (tertiary/aromatic N) is 4. The summed E-state index contributed by atoms with van der Waals surface area (Å²) in [7, 11) is 0. The Morgan fingerprint density at radius 1 is 0.789 bits per heavy atom. The fourth-order valence-electron chi connectivity index (χ4n) is 5.32. The lowest BCUT2D eigenvalue weighted by atomic mass is 9.96. The van der Waals surface area contributed by atoms with Crippen LogP contribution in [0.2, 0.25) is 0 Å². The zero-order chi connectivity index (χ0) is 25.9. The Morgan fingerprint density at radius 2 is 1.50 bits per heavy atom. The van der Waals surface area contributed by atoms with Crippen LogP contribution in [0.3, 0.4) is 0 Å². The molecule has 2 aliphatic rings. The largest absolute Gasteiger partial charge is 0.439 e. The molecule has 0 bridgehead atoms. The highest BCUT2D eigenvalue weighted by molar-refractivity contribution is 5.94. The van der Waals surface area contributed by atoms with Gasteiger partial charge in [-0.25, -0.2) is 0 Å².